The normalized spacial score (nSPS) is 15.8. The molecule has 0 aromatic heterocycles. The van der Waals surface area contributed by atoms with Gasteiger partial charge in [-0.1, -0.05) is 48.0 Å². The van der Waals surface area contributed by atoms with Crippen molar-refractivity contribution in [2.45, 2.75) is 11.4 Å². The summed E-state index contributed by atoms with van der Waals surface area (Å²) in [5.41, 5.74) is 1.56. The van der Waals surface area contributed by atoms with E-state index in [1.807, 2.05) is 59.0 Å². The number of sulfonamides is 1. The average molecular weight is 432 g/mol. The van der Waals surface area contributed by atoms with Gasteiger partial charge in [-0.15, -0.1) is 0 Å². The van der Waals surface area contributed by atoms with Gasteiger partial charge >= 0.3 is 0 Å². The first kappa shape index (κ1) is 14.9. The number of rotatable bonds is 2. The molecule has 0 saturated heterocycles. The number of hydrogen-bond acceptors (Lipinski definition) is 2. The highest BCUT2D eigenvalue weighted by Gasteiger charge is 2.30. The third-order valence-electron chi connectivity index (χ3n) is 3.25. The maximum atomic E-state index is 12.8. The quantitative estimate of drug-likeness (QED) is 0.671. The lowest BCUT2D eigenvalue weighted by atomic mass is 10.2. The molecule has 1 aliphatic heterocycles. The van der Waals surface area contributed by atoms with Crippen molar-refractivity contribution in [3.8, 4) is 0 Å². The van der Waals surface area contributed by atoms with Crippen molar-refractivity contribution in [3.63, 3.8) is 0 Å². The van der Waals surface area contributed by atoms with E-state index in [0.29, 0.717) is 12.1 Å². The summed E-state index contributed by atoms with van der Waals surface area (Å²) in [5.74, 6) is 0. The fraction of sp³-hybridized carbons (Fsp3) is 0.0667. The van der Waals surface area contributed by atoms with Crippen LogP contribution in [0.3, 0.4) is 0 Å². The minimum atomic E-state index is -3.62. The van der Waals surface area contributed by atoms with E-state index in [1.54, 1.807) is 18.3 Å². The zero-order chi connectivity index (χ0) is 15.0. The lowest BCUT2D eigenvalue weighted by Gasteiger charge is -2.26. The molecule has 0 amide bonds. The molecule has 1 heterocycles. The third kappa shape index (κ3) is 2.69. The molecule has 2 aromatic rings. The van der Waals surface area contributed by atoms with Crippen LogP contribution in [0.25, 0.3) is 6.08 Å². The Labute approximate surface area is 142 Å². The Kier molecular flexibility index (Phi) is 3.98. The van der Waals surface area contributed by atoms with Gasteiger partial charge in [-0.05, 0) is 45.9 Å². The van der Waals surface area contributed by atoms with Crippen LogP contribution in [0.4, 0.5) is 0 Å². The highest BCUT2D eigenvalue weighted by atomic mass is 127. The Morgan fingerprint density at radius 3 is 2.52 bits per heavy atom. The minimum Gasteiger partial charge on any atom is -0.269 e. The molecule has 1 aliphatic rings. The van der Waals surface area contributed by atoms with Crippen LogP contribution in [-0.2, 0) is 16.6 Å². The minimum absolute atomic E-state index is 0.189. The van der Waals surface area contributed by atoms with Gasteiger partial charge in [-0.2, -0.15) is 0 Å². The molecule has 0 saturated carbocycles. The molecule has 0 atom stereocenters. The second-order valence-electron chi connectivity index (χ2n) is 4.63. The Morgan fingerprint density at radius 2 is 1.81 bits per heavy atom. The van der Waals surface area contributed by atoms with Crippen molar-refractivity contribution in [2.75, 3.05) is 0 Å². The summed E-state index contributed by atoms with van der Waals surface area (Å²) in [6, 6.07) is 13.1. The van der Waals surface area contributed by atoms with Gasteiger partial charge in [0.25, 0.3) is 10.0 Å². The Balaban J connectivity index is 2.06. The molecule has 0 unspecified atom stereocenters. The van der Waals surface area contributed by atoms with Crippen molar-refractivity contribution < 1.29 is 8.42 Å². The summed E-state index contributed by atoms with van der Waals surface area (Å²) in [7, 11) is -3.62. The summed E-state index contributed by atoms with van der Waals surface area (Å²) in [6.45, 7) is 0.293. The average Bonchev–Trinajstić information content (AvgIpc) is 2.46. The fourth-order valence-corrected chi connectivity index (χ4v) is 4.84. The molecule has 3 nitrogen and oxygen atoms in total. The van der Waals surface area contributed by atoms with Gasteiger partial charge in [0.2, 0.25) is 0 Å². The number of nitrogens with zero attached hydrogens (tertiary/aromatic N) is 1. The molecule has 21 heavy (non-hydrogen) atoms. The highest BCUT2D eigenvalue weighted by Crippen LogP contribution is 2.36. The number of hydrogen-bond donors (Lipinski definition) is 0. The molecule has 3 rings (SSSR count). The van der Waals surface area contributed by atoms with Crippen LogP contribution < -0.4 is 0 Å². The second-order valence-corrected chi connectivity index (χ2v) is 8.00. The Morgan fingerprint density at radius 1 is 1.10 bits per heavy atom. The molecule has 0 N–H and O–H groups in total. The predicted molar refractivity (Wildman–Crippen MR) is 92.4 cm³/mol. The van der Waals surface area contributed by atoms with Crippen LogP contribution >= 0.6 is 34.2 Å². The molecule has 0 fully saturated rings. The predicted octanol–water partition coefficient (Wildman–Crippen LogP) is 4.12. The molecular formula is C15H11ClINO2S. The van der Waals surface area contributed by atoms with Gasteiger partial charge in [0.15, 0.2) is 0 Å². The topological polar surface area (TPSA) is 37.4 Å². The number of halogens is 2. The molecule has 0 radical (unpaired) electrons. The van der Waals surface area contributed by atoms with Gasteiger partial charge in [0, 0.05) is 9.77 Å². The molecule has 0 bridgehead atoms. The van der Waals surface area contributed by atoms with Crippen LogP contribution in [0.15, 0.2) is 53.6 Å². The smallest absolute Gasteiger partial charge is 0.266 e. The molecule has 108 valence electrons. The van der Waals surface area contributed by atoms with Gasteiger partial charge in [-0.3, -0.25) is 4.31 Å². The van der Waals surface area contributed by atoms with E-state index in [0.717, 1.165) is 9.13 Å². The van der Waals surface area contributed by atoms with Gasteiger partial charge in [0.05, 0.1) is 11.6 Å². The molecule has 0 spiro atoms. The van der Waals surface area contributed by atoms with Gasteiger partial charge < -0.3 is 0 Å². The molecule has 0 aliphatic carbocycles. The van der Waals surface area contributed by atoms with Crippen molar-refractivity contribution in [3.05, 3.63) is 68.4 Å². The van der Waals surface area contributed by atoms with Crippen LogP contribution in [-0.4, -0.2) is 12.7 Å². The lowest BCUT2D eigenvalue weighted by molar-refractivity contribution is 0.494. The third-order valence-corrected chi connectivity index (χ3v) is 6.80. The van der Waals surface area contributed by atoms with Gasteiger partial charge in [0.1, 0.15) is 4.90 Å². The summed E-state index contributed by atoms with van der Waals surface area (Å²) < 4.78 is 27.6. The first-order valence-corrected chi connectivity index (χ1v) is 9.12. The van der Waals surface area contributed by atoms with Crippen molar-refractivity contribution in [2.24, 2.45) is 0 Å². The summed E-state index contributed by atoms with van der Waals surface area (Å²) in [6.07, 6.45) is 3.37. The maximum absolute atomic E-state index is 12.8. The van der Waals surface area contributed by atoms with E-state index in [-0.39, 0.29) is 9.92 Å². The largest absolute Gasteiger partial charge is 0.269 e. The SMILES string of the molecule is O=S1(=O)c2c(ccc(I)c2Cl)C=CN1Cc1ccccc1. The van der Waals surface area contributed by atoms with E-state index < -0.39 is 10.0 Å². The van der Waals surface area contributed by atoms with E-state index in [4.69, 9.17) is 11.6 Å². The van der Waals surface area contributed by atoms with Crippen LogP contribution in [0.2, 0.25) is 5.02 Å². The van der Waals surface area contributed by atoms with Crippen molar-refractivity contribution >= 4 is 50.3 Å². The van der Waals surface area contributed by atoms with Crippen molar-refractivity contribution in [1.82, 2.24) is 4.31 Å². The van der Waals surface area contributed by atoms with Crippen LogP contribution in [0.5, 0.6) is 0 Å². The van der Waals surface area contributed by atoms with Crippen LogP contribution in [0.1, 0.15) is 11.1 Å². The summed E-state index contributed by atoms with van der Waals surface area (Å²) >= 11 is 8.26. The molecular weight excluding hydrogens is 421 g/mol. The lowest BCUT2D eigenvalue weighted by Crippen LogP contribution is -2.28. The molecule has 2 aromatic carbocycles. The Bertz CT molecular complexity index is 819. The zero-order valence-electron chi connectivity index (χ0n) is 10.8. The zero-order valence-corrected chi connectivity index (χ0v) is 14.6. The van der Waals surface area contributed by atoms with E-state index in [2.05, 4.69) is 0 Å². The highest BCUT2D eigenvalue weighted by molar-refractivity contribution is 14.1. The van der Waals surface area contributed by atoms with E-state index in [1.165, 1.54) is 4.31 Å². The summed E-state index contributed by atoms with van der Waals surface area (Å²) in [5, 5.41) is 0.288. The number of fused-ring (bicyclic) bond motifs is 1. The Hall–Kier alpha value is -1.05. The van der Waals surface area contributed by atoms with E-state index >= 15 is 0 Å². The molecule has 6 heteroatoms. The van der Waals surface area contributed by atoms with Crippen LogP contribution in [0, 0.1) is 3.57 Å². The van der Waals surface area contributed by atoms with Gasteiger partial charge in [-0.25, -0.2) is 8.42 Å². The maximum Gasteiger partial charge on any atom is 0.266 e. The standard InChI is InChI=1S/C15H11ClINO2S/c16-14-13(17)7-6-12-8-9-18(21(19,20)15(12)14)10-11-4-2-1-3-5-11/h1-9H,10H2. The first-order chi connectivity index (χ1) is 10.00. The number of benzene rings is 2. The fourth-order valence-electron chi connectivity index (χ4n) is 2.20. The van der Waals surface area contributed by atoms with Crippen molar-refractivity contribution in [1.29, 1.82) is 0 Å². The summed E-state index contributed by atoms with van der Waals surface area (Å²) in [4.78, 5) is 0.189. The first-order valence-electron chi connectivity index (χ1n) is 6.22. The monoisotopic (exact) mass is 431 g/mol. The van der Waals surface area contributed by atoms with E-state index in [9.17, 15) is 8.42 Å². The second kappa shape index (κ2) is 5.62.